The van der Waals surface area contributed by atoms with E-state index >= 15 is 0 Å². The maximum absolute atomic E-state index is 5.76. The Morgan fingerprint density at radius 2 is 2.06 bits per heavy atom. The van der Waals surface area contributed by atoms with E-state index in [2.05, 4.69) is 25.2 Å². The van der Waals surface area contributed by atoms with Crippen molar-refractivity contribution in [2.45, 2.75) is 25.8 Å². The largest absolute Gasteiger partial charge is 0.496 e. The van der Waals surface area contributed by atoms with Crippen LogP contribution in [-0.2, 0) is 0 Å². The predicted molar refractivity (Wildman–Crippen MR) is 72.6 cm³/mol. The van der Waals surface area contributed by atoms with E-state index in [-0.39, 0.29) is 6.04 Å². The third-order valence-corrected chi connectivity index (χ3v) is 2.72. The highest BCUT2D eigenvalue weighted by atomic mass is 16.5. The molecular formula is C13H23N3O. The Balaban J connectivity index is 2.78. The molecule has 0 spiro atoms. The van der Waals surface area contributed by atoms with Gasteiger partial charge in [0.2, 0.25) is 0 Å². The van der Waals surface area contributed by atoms with Crippen molar-refractivity contribution >= 4 is 5.69 Å². The van der Waals surface area contributed by atoms with Gasteiger partial charge in [-0.15, -0.1) is 0 Å². The van der Waals surface area contributed by atoms with Crippen molar-refractivity contribution in [3.8, 4) is 5.75 Å². The van der Waals surface area contributed by atoms with Gasteiger partial charge in [-0.05, 0) is 29.7 Å². The average molecular weight is 237 g/mol. The van der Waals surface area contributed by atoms with Gasteiger partial charge in [0.25, 0.3) is 0 Å². The summed E-state index contributed by atoms with van der Waals surface area (Å²) < 4.78 is 5.34. The zero-order valence-corrected chi connectivity index (χ0v) is 10.9. The summed E-state index contributed by atoms with van der Waals surface area (Å²) in [5.41, 5.74) is 13.5. The van der Waals surface area contributed by atoms with Crippen LogP contribution >= 0.6 is 0 Å². The predicted octanol–water partition coefficient (Wildman–Crippen LogP) is 1.52. The number of ether oxygens (including phenoxy) is 1. The van der Waals surface area contributed by atoms with Crippen LogP contribution in [0.1, 0.15) is 25.3 Å². The summed E-state index contributed by atoms with van der Waals surface area (Å²) in [6, 6.07) is 6.06. The molecule has 4 heteroatoms. The minimum Gasteiger partial charge on any atom is -0.496 e. The van der Waals surface area contributed by atoms with Crippen molar-refractivity contribution < 1.29 is 4.74 Å². The first-order chi connectivity index (χ1) is 8.08. The van der Waals surface area contributed by atoms with E-state index in [1.165, 1.54) is 5.56 Å². The van der Waals surface area contributed by atoms with Crippen molar-refractivity contribution in [3.63, 3.8) is 0 Å². The molecule has 0 saturated carbocycles. The molecule has 0 amide bonds. The Morgan fingerprint density at radius 3 is 2.59 bits per heavy atom. The third kappa shape index (κ3) is 3.91. The molecule has 1 atom stereocenters. The smallest absolute Gasteiger partial charge is 0.122 e. The van der Waals surface area contributed by atoms with E-state index in [4.69, 9.17) is 16.2 Å². The molecular weight excluding hydrogens is 214 g/mol. The van der Waals surface area contributed by atoms with Crippen LogP contribution < -0.4 is 21.5 Å². The number of methoxy groups -OCH3 is 1. The lowest BCUT2D eigenvalue weighted by atomic mass is 10.0. The second kappa shape index (κ2) is 6.47. The minimum absolute atomic E-state index is 0.0143. The fourth-order valence-corrected chi connectivity index (χ4v) is 1.63. The minimum atomic E-state index is -0.0143. The van der Waals surface area contributed by atoms with Crippen LogP contribution in [0.25, 0.3) is 0 Å². The molecule has 0 bridgehead atoms. The fraction of sp³-hybridized carbons (Fsp3) is 0.538. The van der Waals surface area contributed by atoms with Crippen molar-refractivity contribution in [3.05, 3.63) is 23.8 Å². The van der Waals surface area contributed by atoms with Crippen molar-refractivity contribution in [1.82, 2.24) is 0 Å². The molecule has 17 heavy (non-hydrogen) atoms. The molecule has 1 rings (SSSR count). The number of nitrogens with one attached hydrogen (secondary N) is 1. The highest BCUT2D eigenvalue weighted by Gasteiger charge is 2.08. The number of hydrogen-bond acceptors (Lipinski definition) is 4. The van der Waals surface area contributed by atoms with E-state index in [1.807, 2.05) is 12.1 Å². The molecule has 0 radical (unpaired) electrons. The highest BCUT2D eigenvalue weighted by Crippen LogP contribution is 2.28. The zero-order chi connectivity index (χ0) is 12.8. The lowest BCUT2D eigenvalue weighted by Gasteiger charge is -2.16. The molecule has 96 valence electrons. The van der Waals surface area contributed by atoms with Crippen molar-refractivity contribution in [1.29, 1.82) is 0 Å². The number of hydrogen-bond donors (Lipinski definition) is 3. The Hall–Kier alpha value is -1.26. The quantitative estimate of drug-likeness (QED) is 0.701. The lowest BCUT2D eigenvalue weighted by molar-refractivity contribution is 0.407. The number of anilines is 1. The van der Waals surface area contributed by atoms with Crippen LogP contribution in [0.3, 0.4) is 0 Å². The number of nitrogens with two attached hydrogens (primary N) is 2. The SMILES string of the molecule is COc1ccc(NCC(N)CN)cc1C(C)C. The van der Waals surface area contributed by atoms with E-state index in [1.54, 1.807) is 7.11 Å². The van der Waals surface area contributed by atoms with Gasteiger partial charge in [-0.25, -0.2) is 0 Å². The van der Waals surface area contributed by atoms with Gasteiger partial charge in [-0.1, -0.05) is 13.8 Å². The van der Waals surface area contributed by atoms with Gasteiger partial charge in [0.15, 0.2) is 0 Å². The molecule has 0 aliphatic heterocycles. The van der Waals surface area contributed by atoms with E-state index < -0.39 is 0 Å². The van der Waals surface area contributed by atoms with Crippen LogP contribution in [0.15, 0.2) is 18.2 Å². The Morgan fingerprint density at radius 1 is 1.35 bits per heavy atom. The van der Waals surface area contributed by atoms with E-state index in [0.717, 1.165) is 11.4 Å². The van der Waals surface area contributed by atoms with Crippen LogP contribution in [0, 0.1) is 0 Å². The fourth-order valence-electron chi connectivity index (χ4n) is 1.63. The van der Waals surface area contributed by atoms with Gasteiger partial charge in [0, 0.05) is 24.8 Å². The molecule has 1 unspecified atom stereocenters. The Labute approximate surface area is 103 Å². The summed E-state index contributed by atoms with van der Waals surface area (Å²) in [4.78, 5) is 0. The molecule has 0 aliphatic rings. The van der Waals surface area contributed by atoms with Gasteiger partial charge in [-0.2, -0.15) is 0 Å². The van der Waals surface area contributed by atoms with Crippen LogP contribution in [-0.4, -0.2) is 26.2 Å². The van der Waals surface area contributed by atoms with Gasteiger partial charge >= 0.3 is 0 Å². The Kier molecular flexibility index (Phi) is 5.25. The number of benzene rings is 1. The second-order valence-corrected chi connectivity index (χ2v) is 4.49. The molecule has 0 saturated heterocycles. The lowest BCUT2D eigenvalue weighted by Crippen LogP contribution is -2.36. The van der Waals surface area contributed by atoms with Gasteiger partial charge in [-0.3, -0.25) is 0 Å². The zero-order valence-electron chi connectivity index (χ0n) is 10.9. The van der Waals surface area contributed by atoms with Gasteiger partial charge < -0.3 is 21.5 Å². The summed E-state index contributed by atoms with van der Waals surface area (Å²) in [6.07, 6.45) is 0. The molecule has 0 aromatic heterocycles. The maximum atomic E-state index is 5.76. The first-order valence-electron chi connectivity index (χ1n) is 5.96. The molecule has 0 heterocycles. The molecule has 1 aromatic carbocycles. The number of rotatable bonds is 6. The molecule has 0 aliphatic carbocycles. The van der Waals surface area contributed by atoms with Gasteiger partial charge in [0.1, 0.15) is 5.75 Å². The summed E-state index contributed by atoms with van der Waals surface area (Å²) in [5.74, 6) is 1.35. The molecule has 0 fully saturated rings. The summed E-state index contributed by atoms with van der Waals surface area (Å²) >= 11 is 0. The average Bonchev–Trinajstić information content (AvgIpc) is 2.35. The standard InChI is InChI=1S/C13H23N3O/c1-9(2)12-6-11(4-5-13(12)17-3)16-8-10(15)7-14/h4-6,9-10,16H,7-8,14-15H2,1-3H3. The van der Waals surface area contributed by atoms with Crippen molar-refractivity contribution in [2.75, 3.05) is 25.5 Å². The maximum Gasteiger partial charge on any atom is 0.122 e. The monoisotopic (exact) mass is 237 g/mol. The van der Waals surface area contributed by atoms with Crippen LogP contribution in [0.2, 0.25) is 0 Å². The summed E-state index contributed by atoms with van der Waals surface area (Å²) in [7, 11) is 1.69. The van der Waals surface area contributed by atoms with E-state index in [0.29, 0.717) is 19.0 Å². The normalized spacial score (nSPS) is 12.6. The summed E-state index contributed by atoms with van der Waals surface area (Å²) in [5, 5.41) is 3.28. The first-order valence-corrected chi connectivity index (χ1v) is 5.96. The Bertz CT molecular complexity index is 353. The highest BCUT2D eigenvalue weighted by molar-refractivity contribution is 5.52. The topological polar surface area (TPSA) is 73.3 Å². The molecule has 4 nitrogen and oxygen atoms in total. The third-order valence-electron chi connectivity index (χ3n) is 2.72. The first kappa shape index (κ1) is 13.8. The molecule has 5 N–H and O–H groups in total. The second-order valence-electron chi connectivity index (χ2n) is 4.49. The van der Waals surface area contributed by atoms with Gasteiger partial charge in [0.05, 0.1) is 7.11 Å². The van der Waals surface area contributed by atoms with Crippen LogP contribution in [0.4, 0.5) is 5.69 Å². The van der Waals surface area contributed by atoms with Crippen LogP contribution in [0.5, 0.6) is 5.75 Å². The summed E-state index contributed by atoms with van der Waals surface area (Å²) in [6.45, 7) is 5.46. The van der Waals surface area contributed by atoms with E-state index in [9.17, 15) is 0 Å². The van der Waals surface area contributed by atoms with Crippen molar-refractivity contribution in [2.24, 2.45) is 11.5 Å². The molecule has 1 aromatic rings.